The first kappa shape index (κ1) is 11.0. The van der Waals surface area contributed by atoms with Crippen LogP contribution in [0.1, 0.15) is 0 Å². The van der Waals surface area contributed by atoms with Crippen molar-refractivity contribution in [1.82, 2.24) is 9.38 Å². The molecule has 18 heavy (non-hydrogen) atoms. The summed E-state index contributed by atoms with van der Waals surface area (Å²) in [5.74, 6) is 0. The minimum atomic E-state index is -0.101. The van der Waals surface area contributed by atoms with Crippen LogP contribution in [0, 0.1) is 0 Å². The van der Waals surface area contributed by atoms with Crippen LogP contribution in [0.3, 0.4) is 0 Å². The van der Waals surface area contributed by atoms with E-state index in [-0.39, 0.29) is 5.56 Å². The van der Waals surface area contributed by atoms with E-state index in [4.69, 9.17) is 11.6 Å². The van der Waals surface area contributed by atoms with Crippen LogP contribution in [-0.4, -0.2) is 9.38 Å². The van der Waals surface area contributed by atoms with Gasteiger partial charge < -0.3 is 0 Å². The van der Waals surface area contributed by atoms with Crippen molar-refractivity contribution in [2.24, 2.45) is 0 Å². The van der Waals surface area contributed by atoms with Crippen molar-refractivity contribution in [3.05, 3.63) is 70.1 Å². The van der Waals surface area contributed by atoms with Gasteiger partial charge in [0.2, 0.25) is 0 Å². The summed E-state index contributed by atoms with van der Waals surface area (Å²) in [5, 5.41) is 0.627. The molecule has 2 aromatic heterocycles. The maximum absolute atomic E-state index is 11.9. The summed E-state index contributed by atoms with van der Waals surface area (Å²) in [5.41, 5.74) is 2.00. The first-order valence-electron chi connectivity index (χ1n) is 5.48. The van der Waals surface area contributed by atoms with E-state index in [9.17, 15) is 4.79 Å². The van der Waals surface area contributed by atoms with Crippen LogP contribution in [0.25, 0.3) is 16.9 Å². The van der Waals surface area contributed by atoms with Gasteiger partial charge >= 0.3 is 0 Å². The first-order valence-corrected chi connectivity index (χ1v) is 5.86. The van der Waals surface area contributed by atoms with Crippen molar-refractivity contribution in [3.63, 3.8) is 0 Å². The van der Waals surface area contributed by atoms with Gasteiger partial charge in [-0.1, -0.05) is 29.8 Å². The lowest BCUT2D eigenvalue weighted by Crippen LogP contribution is -2.13. The zero-order chi connectivity index (χ0) is 12.5. The lowest BCUT2D eigenvalue weighted by atomic mass is 10.1. The number of halogens is 1. The zero-order valence-electron chi connectivity index (χ0n) is 9.38. The van der Waals surface area contributed by atoms with Crippen LogP contribution in [0.5, 0.6) is 0 Å². The molecule has 0 aliphatic heterocycles. The van der Waals surface area contributed by atoms with Crippen LogP contribution < -0.4 is 5.56 Å². The van der Waals surface area contributed by atoms with Crippen LogP contribution in [0.4, 0.5) is 0 Å². The van der Waals surface area contributed by atoms with Gasteiger partial charge in [0.15, 0.2) is 0 Å². The van der Waals surface area contributed by atoms with Crippen LogP contribution in [-0.2, 0) is 0 Å². The molecule has 3 aromatic rings. The maximum atomic E-state index is 11.9. The monoisotopic (exact) mass is 256 g/mol. The smallest absolute Gasteiger partial charge is 0.258 e. The summed E-state index contributed by atoms with van der Waals surface area (Å²) >= 11 is 5.94. The normalized spacial score (nSPS) is 10.7. The van der Waals surface area contributed by atoms with E-state index in [2.05, 4.69) is 4.98 Å². The molecule has 4 heteroatoms. The number of hydrogen-bond donors (Lipinski definition) is 0. The molecule has 0 spiro atoms. The molecule has 0 atom stereocenters. The van der Waals surface area contributed by atoms with Crippen molar-refractivity contribution in [3.8, 4) is 11.3 Å². The van der Waals surface area contributed by atoms with Crippen LogP contribution >= 0.6 is 11.6 Å². The van der Waals surface area contributed by atoms with Crippen molar-refractivity contribution in [2.45, 2.75) is 0 Å². The average molecular weight is 257 g/mol. The highest BCUT2D eigenvalue weighted by atomic mass is 35.5. The van der Waals surface area contributed by atoms with Gasteiger partial charge in [-0.15, -0.1) is 0 Å². The summed E-state index contributed by atoms with van der Waals surface area (Å²) in [6, 6.07) is 14.3. The fourth-order valence-electron chi connectivity index (χ4n) is 1.85. The molecular weight excluding hydrogens is 248 g/mol. The Balaban J connectivity index is 2.28. The second-order valence-electron chi connectivity index (χ2n) is 3.92. The SMILES string of the molecule is O=c1cc(-c2cccc(Cl)c2)nc2ccccn12. The largest absolute Gasteiger partial charge is 0.269 e. The highest BCUT2D eigenvalue weighted by Crippen LogP contribution is 2.20. The number of hydrogen-bond acceptors (Lipinski definition) is 2. The van der Waals surface area contributed by atoms with Crippen molar-refractivity contribution < 1.29 is 0 Å². The Bertz CT molecular complexity index is 780. The Labute approximate surface area is 108 Å². The number of aromatic nitrogens is 2. The van der Waals surface area contributed by atoms with E-state index in [1.54, 1.807) is 30.5 Å². The van der Waals surface area contributed by atoms with Gasteiger partial charge in [-0.3, -0.25) is 9.20 Å². The molecule has 88 valence electrons. The molecule has 0 fully saturated rings. The predicted octanol–water partition coefficient (Wildman–Crippen LogP) is 3.01. The fraction of sp³-hybridized carbons (Fsp3) is 0. The van der Waals surface area contributed by atoms with Gasteiger partial charge in [0.05, 0.1) is 5.69 Å². The zero-order valence-corrected chi connectivity index (χ0v) is 10.1. The third-order valence-corrected chi connectivity index (χ3v) is 2.93. The fourth-order valence-corrected chi connectivity index (χ4v) is 2.04. The topological polar surface area (TPSA) is 34.4 Å². The van der Waals surface area contributed by atoms with Crippen LogP contribution in [0.2, 0.25) is 5.02 Å². The molecule has 0 radical (unpaired) electrons. The van der Waals surface area contributed by atoms with Gasteiger partial charge in [-0.05, 0) is 24.3 Å². The lowest BCUT2D eigenvalue weighted by Gasteiger charge is -2.04. The van der Waals surface area contributed by atoms with E-state index < -0.39 is 0 Å². The highest BCUT2D eigenvalue weighted by Gasteiger charge is 2.04. The Morgan fingerprint density at radius 2 is 1.94 bits per heavy atom. The molecule has 0 amide bonds. The third-order valence-electron chi connectivity index (χ3n) is 2.69. The molecule has 2 heterocycles. The Morgan fingerprint density at radius 3 is 2.78 bits per heavy atom. The molecule has 1 aromatic carbocycles. The van der Waals surface area contributed by atoms with Crippen molar-refractivity contribution >= 4 is 17.2 Å². The van der Waals surface area contributed by atoms with Gasteiger partial charge in [0, 0.05) is 22.8 Å². The maximum Gasteiger partial charge on any atom is 0.258 e. The number of benzene rings is 1. The summed E-state index contributed by atoms with van der Waals surface area (Å²) < 4.78 is 1.51. The molecule has 0 saturated carbocycles. The average Bonchev–Trinajstić information content (AvgIpc) is 2.39. The number of rotatable bonds is 1. The summed E-state index contributed by atoms with van der Waals surface area (Å²) in [6.45, 7) is 0. The van der Waals surface area contributed by atoms with E-state index in [0.29, 0.717) is 16.4 Å². The third kappa shape index (κ3) is 1.89. The molecule has 0 unspecified atom stereocenters. The first-order chi connectivity index (χ1) is 8.74. The Kier molecular flexibility index (Phi) is 2.61. The molecule has 3 rings (SSSR count). The molecule has 0 bridgehead atoms. The Hall–Kier alpha value is -2.13. The summed E-state index contributed by atoms with van der Waals surface area (Å²) in [6.07, 6.45) is 1.70. The second-order valence-corrected chi connectivity index (χ2v) is 4.36. The molecule has 3 nitrogen and oxygen atoms in total. The van der Waals surface area contributed by atoms with Gasteiger partial charge in [-0.2, -0.15) is 0 Å². The highest BCUT2D eigenvalue weighted by molar-refractivity contribution is 6.30. The van der Waals surface area contributed by atoms with Crippen molar-refractivity contribution in [2.75, 3.05) is 0 Å². The molecule has 0 aliphatic rings. The Morgan fingerprint density at radius 1 is 1.06 bits per heavy atom. The van der Waals surface area contributed by atoms with Gasteiger partial charge in [-0.25, -0.2) is 4.98 Å². The van der Waals surface area contributed by atoms with E-state index >= 15 is 0 Å². The standard InChI is InChI=1S/C14H9ClN2O/c15-11-5-3-4-10(8-11)12-9-14(18)17-7-2-1-6-13(17)16-12/h1-9H. The minimum Gasteiger partial charge on any atom is -0.269 e. The number of nitrogens with zero attached hydrogens (tertiary/aromatic N) is 2. The lowest BCUT2D eigenvalue weighted by molar-refractivity contribution is 1.05. The van der Waals surface area contributed by atoms with Gasteiger partial charge in [0.1, 0.15) is 5.65 Å². The second kappa shape index (κ2) is 4.27. The number of fused-ring (bicyclic) bond motifs is 1. The van der Waals surface area contributed by atoms with E-state index in [1.807, 2.05) is 18.2 Å². The van der Waals surface area contributed by atoms with E-state index in [1.165, 1.54) is 10.5 Å². The molecular formula is C14H9ClN2O. The number of pyridine rings is 1. The van der Waals surface area contributed by atoms with E-state index in [0.717, 1.165) is 5.56 Å². The quantitative estimate of drug-likeness (QED) is 0.671. The van der Waals surface area contributed by atoms with Crippen LogP contribution in [0.15, 0.2) is 59.5 Å². The molecule has 0 aliphatic carbocycles. The molecule has 0 N–H and O–H groups in total. The predicted molar refractivity (Wildman–Crippen MR) is 71.9 cm³/mol. The van der Waals surface area contributed by atoms with Gasteiger partial charge in [0.25, 0.3) is 5.56 Å². The molecule has 0 saturated heterocycles. The minimum absolute atomic E-state index is 0.101. The van der Waals surface area contributed by atoms with Crippen molar-refractivity contribution in [1.29, 1.82) is 0 Å². The summed E-state index contributed by atoms with van der Waals surface area (Å²) in [7, 11) is 0. The summed E-state index contributed by atoms with van der Waals surface area (Å²) in [4.78, 5) is 16.4.